The van der Waals surface area contributed by atoms with Gasteiger partial charge in [0.2, 0.25) is 0 Å². The third-order valence-electron chi connectivity index (χ3n) is 1.79. The molecule has 3 heteroatoms. The Morgan fingerprint density at radius 2 is 2.23 bits per heavy atom. The molecule has 13 heavy (non-hydrogen) atoms. The summed E-state index contributed by atoms with van der Waals surface area (Å²) in [6, 6.07) is 7.21. The average Bonchev–Trinajstić information content (AvgIpc) is 2.03. The standard InChI is InChI=1S/C10H12O3/c1-7-3-2-4-8(5-7)9(11)6-10(12)13/h2-5,9,11H,6H2,1H3,(H,12,13)/t9-/m0/s1. The van der Waals surface area contributed by atoms with E-state index in [1.807, 2.05) is 13.0 Å². The first-order valence-electron chi connectivity index (χ1n) is 4.06. The molecular weight excluding hydrogens is 168 g/mol. The lowest BCUT2D eigenvalue weighted by molar-refractivity contribution is -0.139. The molecule has 0 aliphatic carbocycles. The van der Waals surface area contributed by atoms with Gasteiger partial charge in [0.05, 0.1) is 12.5 Å². The molecule has 0 aliphatic rings. The fourth-order valence-corrected chi connectivity index (χ4v) is 1.16. The maximum Gasteiger partial charge on any atom is 0.306 e. The first-order chi connectivity index (χ1) is 6.09. The van der Waals surface area contributed by atoms with E-state index in [9.17, 15) is 9.90 Å². The van der Waals surface area contributed by atoms with E-state index in [1.165, 1.54) is 0 Å². The molecule has 0 saturated carbocycles. The van der Waals surface area contributed by atoms with Crippen LogP contribution in [0, 0.1) is 6.92 Å². The van der Waals surface area contributed by atoms with Crippen LogP contribution in [-0.4, -0.2) is 16.2 Å². The maximum absolute atomic E-state index is 10.3. The zero-order valence-corrected chi connectivity index (χ0v) is 7.40. The van der Waals surface area contributed by atoms with Crippen molar-refractivity contribution in [1.82, 2.24) is 0 Å². The molecule has 0 spiro atoms. The van der Waals surface area contributed by atoms with Gasteiger partial charge in [-0.2, -0.15) is 0 Å². The Labute approximate surface area is 76.6 Å². The van der Waals surface area contributed by atoms with Crippen molar-refractivity contribution < 1.29 is 15.0 Å². The van der Waals surface area contributed by atoms with Crippen LogP contribution in [-0.2, 0) is 4.79 Å². The van der Waals surface area contributed by atoms with Crippen molar-refractivity contribution in [3.8, 4) is 0 Å². The number of carboxylic acids is 1. The van der Waals surface area contributed by atoms with Crippen molar-refractivity contribution in [1.29, 1.82) is 0 Å². The molecule has 0 aliphatic heterocycles. The number of hydrogen-bond acceptors (Lipinski definition) is 2. The average molecular weight is 180 g/mol. The molecule has 1 rings (SSSR count). The molecule has 1 aromatic rings. The molecule has 0 radical (unpaired) electrons. The zero-order chi connectivity index (χ0) is 9.84. The molecule has 2 N–H and O–H groups in total. The minimum Gasteiger partial charge on any atom is -0.481 e. The summed E-state index contributed by atoms with van der Waals surface area (Å²) in [6.07, 6.45) is -1.15. The number of aliphatic hydroxyl groups excluding tert-OH is 1. The van der Waals surface area contributed by atoms with E-state index in [-0.39, 0.29) is 6.42 Å². The first-order valence-corrected chi connectivity index (χ1v) is 4.06. The second-order valence-electron chi connectivity index (χ2n) is 3.03. The largest absolute Gasteiger partial charge is 0.481 e. The van der Waals surface area contributed by atoms with Gasteiger partial charge in [0.15, 0.2) is 0 Å². The Morgan fingerprint density at radius 1 is 1.54 bits per heavy atom. The molecule has 1 aromatic carbocycles. The van der Waals surface area contributed by atoms with Crippen LogP contribution in [0.4, 0.5) is 0 Å². The summed E-state index contributed by atoms with van der Waals surface area (Å²) in [5.41, 5.74) is 1.67. The van der Waals surface area contributed by atoms with Crippen LogP contribution in [0.25, 0.3) is 0 Å². The van der Waals surface area contributed by atoms with Crippen LogP contribution < -0.4 is 0 Å². The van der Waals surface area contributed by atoms with E-state index in [2.05, 4.69) is 0 Å². The minimum absolute atomic E-state index is 0.247. The number of carbonyl (C=O) groups is 1. The van der Waals surface area contributed by atoms with Gasteiger partial charge in [0.1, 0.15) is 0 Å². The fraction of sp³-hybridized carbons (Fsp3) is 0.300. The molecule has 0 amide bonds. The second-order valence-corrected chi connectivity index (χ2v) is 3.03. The molecule has 0 fully saturated rings. The van der Waals surface area contributed by atoms with E-state index in [0.29, 0.717) is 5.56 Å². The third kappa shape index (κ3) is 2.87. The topological polar surface area (TPSA) is 57.5 Å². The number of carboxylic acid groups (broad SMARTS) is 1. The van der Waals surface area contributed by atoms with Crippen LogP contribution in [0.2, 0.25) is 0 Å². The highest BCUT2D eigenvalue weighted by molar-refractivity contribution is 5.67. The van der Waals surface area contributed by atoms with Gasteiger partial charge in [-0.05, 0) is 12.5 Å². The summed E-state index contributed by atoms with van der Waals surface area (Å²) >= 11 is 0. The summed E-state index contributed by atoms with van der Waals surface area (Å²) in [5.74, 6) is -0.992. The molecule has 0 heterocycles. The molecule has 0 aromatic heterocycles. The van der Waals surface area contributed by atoms with Gasteiger partial charge in [0.25, 0.3) is 0 Å². The predicted molar refractivity (Wildman–Crippen MR) is 48.4 cm³/mol. The van der Waals surface area contributed by atoms with Gasteiger partial charge in [-0.15, -0.1) is 0 Å². The van der Waals surface area contributed by atoms with Gasteiger partial charge in [-0.1, -0.05) is 29.8 Å². The van der Waals surface area contributed by atoms with E-state index in [4.69, 9.17) is 5.11 Å². The Morgan fingerprint density at radius 3 is 2.77 bits per heavy atom. The first kappa shape index (κ1) is 9.74. The number of hydrogen-bond donors (Lipinski definition) is 2. The van der Waals surface area contributed by atoms with Gasteiger partial charge in [-0.25, -0.2) is 0 Å². The van der Waals surface area contributed by atoms with Gasteiger partial charge in [0, 0.05) is 0 Å². The molecule has 0 unspecified atom stereocenters. The lowest BCUT2D eigenvalue weighted by Gasteiger charge is -2.08. The number of benzene rings is 1. The minimum atomic E-state index is -0.992. The van der Waals surface area contributed by atoms with Crippen LogP contribution in [0.3, 0.4) is 0 Å². The summed E-state index contributed by atoms with van der Waals surface area (Å²) in [7, 11) is 0. The summed E-state index contributed by atoms with van der Waals surface area (Å²) in [6.45, 7) is 1.90. The molecule has 3 nitrogen and oxygen atoms in total. The third-order valence-corrected chi connectivity index (χ3v) is 1.79. The smallest absolute Gasteiger partial charge is 0.306 e. The predicted octanol–water partition coefficient (Wildman–Crippen LogP) is 1.50. The highest BCUT2D eigenvalue weighted by Crippen LogP contribution is 2.17. The van der Waals surface area contributed by atoms with Crippen molar-refractivity contribution >= 4 is 5.97 Å². The fourth-order valence-electron chi connectivity index (χ4n) is 1.16. The maximum atomic E-state index is 10.3. The van der Waals surface area contributed by atoms with E-state index < -0.39 is 12.1 Å². The van der Waals surface area contributed by atoms with Gasteiger partial charge < -0.3 is 10.2 Å². The van der Waals surface area contributed by atoms with Crippen molar-refractivity contribution in [3.05, 3.63) is 35.4 Å². The monoisotopic (exact) mass is 180 g/mol. The molecule has 70 valence electrons. The Kier molecular flexibility index (Phi) is 3.03. The summed E-state index contributed by atoms with van der Waals surface area (Å²) in [4.78, 5) is 10.3. The lowest BCUT2D eigenvalue weighted by atomic mass is 10.0. The Hall–Kier alpha value is -1.35. The van der Waals surface area contributed by atoms with Crippen LogP contribution >= 0.6 is 0 Å². The quantitative estimate of drug-likeness (QED) is 0.741. The highest BCUT2D eigenvalue weighted by Gasteiger charge is 2.11. The van der Waals surface area contributed by atoms with E-state index >= 15 is 0 Å². The zero-order valence-electron chi connectivity index (χ0n) is 7.40. The van der Waals surface area contributed by atoms with Crippen molar-refractivity contribution in [2.45, 2.75) is 19.4 Å². The van der Waals surface area contributed by atoms with Crippen LogP contribution in [0.15, 0.2) is 24.3 Å². The number of rotatable bonds is 3. The lowest BCUT2D eigenvalue weighted by Crippen LogP contribution is -2.05. The number of aryl methyl sites for hydroxylation is 1. The number of aliphatic hydroxyl groups is 1. The Bertz CT molecular complexity index is 307. The highest BCUT2D eigenvalue weighted by atomic mass is 16.4. The van der Waals surface area contributed by atoms with Gasteiger partial charge in [-0.3, -0.25) is 4.79 Å². The summed E-state index contributed by atoms with van der Waals surface area (Å²) in [5, 5.41) is 17.9. The van der Waals surface area contributed by atoms with E-state index in [1.54, 1.807) is 18.2 Å². The SMILES string of the molecule is Cc1cccc([C@@H](O)CC(=O)O)c1. The molecule has 1 atom stereocenters. The van der Waals surface area contributed by atoms with Crippen molar-refractivity contribution in [2.24, 2.45) is 0 Å². The molecule has 0 bridgehead atoms. The molecular formula is C10H12O3. The van der Waals surface area contributed by atoms with Crippen molar-refractivity contribution in [3.63, 3.8) is 0 Å². The van der Waals surface area contributed by atoms with Crippen molar-refractivity contribution in [2.75, 3.05) is 0 Å². The molecule has 0 saturated heterocycles. The Balaban J connectivity index is 2.76. The normalized spacial score (nSPS) is 12.5. The van der Waals surface area contributed by atoms with E-state index in [0.717, 1.165) is 5.56 Å². The van der Waals surface area contributed by atoms with Gasteiger partial charge >= 0.3 is 5.97 Å². The number of aliphatic carboxylic acids is 1. The second kappa shape index (κ2) is 4.05. The summed E-state index contributed by atoms with van der Waals surface area (Å²) < 4.78 is 0. The van der Waals surface area contributed by atoms with Crippen LogP contribution in [0.5, 0.6) is 0 Å². The van der Waals surface area contributed by atoms with Crippen LogP contribution in [0.1, 0.15) is 23.7 Å².